The second kappa shape index (κ2) is 23.1. The predicted molar refractivity (Wildman–Crippen MR) is 84.9 cm³/mol. The van der Waals surface area contributed by atoms with Crippen LogP contribution >= 0.6 is 0 Å². The predicted octanol–water partition coefficient (Wildman–Crippen LogP) is 1.94. The van der Waals surface area contributed by atoms with Crippen molar-refractivity contribution in [3.8, 4) is 0 Å². The average Bonchev–Trinajstić information content (AvgIpc) is 3.29. The zero-order chi connectivity index (χ0) is 19.2. The van der Waals surface area contributed by atoms with E-state index in [-0.39, 0.29) is 25.9 Å². The van der Waals surface area contributed by atoms with Crippen LogP contribution < -0.4 is 0 Å². The van der Waals surface area contributed by atoms with Gasteiger partial charge in [0.15, 0.2) is 0 Å². The monoisotopic (exact) mass is 352 g/mol. The Morgan fingerprint density at radius 2 is 1.29 bits per heavy atom. The van der Waals surface area contributed by atoms with E-state index in [0.29, 0.717) is 12.2 Å². The van der Waals surface area contributed by atoms with Gasteiger partial charge < -0.3 is 25.2 Å². The molecule has 0 aromatic rings. The third kappa shape index (κ3) is 22.1. The first kappa shape index (κ1) is 26.7. The van der Waals surface area contributed by atoms with Crippen LogP contribution in [0.3, 0.4) is 0 Å². The molecule has 1 aliphatic heterocycles. The fourth-order valence-corrected chi connectivity index (χ4v) is 2.43. The van der Waals surface area contributed by atoms with E-state index in [0.717, 1.165) is 5.92 Å². The van der Waals surface area contributed by atoms with Crippen molar-refractivity contribution in [3.63, 3.8) is 0 Å². The maximum atomic E-state index is 8.36. The molecule has 1 heterocycles. The van der Waals surface area contributed by atoms with E-state index >= 15 is 0 Å². The van der Waals surface area contributed by atoms with Crippen LogP contribution in [0.4, 0.5) is 0 Å². The van der Waals surface area contributed by atoms with Gasteiger partial charge in [-0.25, -0.2) is 0 Å². The molecule has 9 heteroatoms. The van der Waals surface area contributed by atoms with Crippen molar-refractivity contribution in [1.29, 1.82) is 0 Å². The largest absolute Gasteiger partial charge is 0.483 e. The van der Waals surface area contributed by atoms with Crippen LogP contribution in [-0.4, -0.2) is 58.5 Å². The summed E-state index contributed by atoms with van der Waals surface area (Å²) < 4.78 is 5.51. The van der Waals surface area contributed by atoms with E-state index in [1.165, 1.54) is 44.9 Å². The molecular formula is C15H28O9. The number of fused-ring (bicyclic) bond motifs is 1. The zero-order valence-corrected chi connectivity index (χ0v) is 13.8. The Hall–Kier alpha value is -2.16. The Bertz CT molecular complexity index is 273. The summed E-state index contributed by atoms with van der Waals surface area (Å²) in [6.45, 7) is 1.28. The van der Waals surface area contributed by atoms with E-state index in [1.54, 1.807) is 0 Å². The maximum absolute atomic E-state index is 8.36. The molecule has 0 radical (unpaired) electrons. The molecule has 2 fully saturated rings. The van der Waals surface area contributed by atoms with E-state index < -0.39 is 0 Å². The quantitative estimate of drug-likeness (QED) is 0.336. The Morgan fingerprint density at radius 3 is 1.67 bits per heavy atom. The first-order valence-corrected chi connectivity index (χ1v) is 7.53. The molecule has 3 unspecified atom stereocenters. The van der Waals surface area contributed by atoms with Crippen LogP contribution in [0.1, 0.15) is 51.9 Å². The van der Waals surface area contributed by atoms with Gasteiger partial charge in [-0.1, -0.05) is 32.6 Å². The van der Waals surface area contributed by atoms with Gasteiger partial charge in [0.05, 0.1) is 12.2 Å². The number of carboxylic acid groups (broad SMARTS) is 4. The molecule has 142 valence electrons. The summed E-state index contributed by atoms with van der Waals surface area (Å²) in [4.78, 5) is 33.4. The summed E-state index contributed by atoms with van der Waals surface area (Å²) in [7, 11) is 0. The number of epoxide rings is 1. The summed E-state index contributed by atoms with van der Waals surface area (Å²) in [5, 5.41) is 27.6. The van der Waals surface area contributed by atoms with Crippen molar-refractivity contribution in [1.82, 2.24) is 0 Å². The highest BCUT2D eigenvalue weighted by molar-refractivity contribution is 5.33. The lowest BCUT2D eigenvalue weighted by molar-refractivity contribution is -0.123. The summed E-state index contributed by atoms with van der Waals surface area (Å²) in [6, 6.07) is 0. The summed E-state index contributed by atoms with van der Waals surface area (Å²) in [6.07, 6.45) is 11.2. The van der Waals surface area contributed by atoms with Gasteiger partial charge in [0.2, 0.25) is 0 Å². The molecule has 24 heavy (non-hydrogen) atoms. The van der Waals surface area contributed by atoms with Crippen LogP contribution in [0, 0.1) is 5.92 Å². The number of hydrogen-bond donors (Lipinski definition) is 4. The van der Waals surface area contributed by atoms with Crippen LogP contribution in [0.5, 0.6) is 0 Å². The van der Waals surface area contributed by atoms with Crippen molar-refractivity contribution in [3.05, 3.63) is 0 Å². The SMILES string of the molecule is CCCCCC1CCC2OC2C1.O=CO.O=CO.O=CO.O=CO. The number of ether oxygens (including phenoxy) is 1. The average molecular weight is 352 g/mol. The number of unbranched alkanes of at least 4 members (excludes halogenated alkanes) is 2. The van der Waals surface area contributed by atoms with Gasteiger partial charge in [-0.05, 0) is 25.2 Å². The molecule has 2 rings (SSSR count). The summed E-state index contributed by atoms with van der Waals surface area (Å²) >= 11 is 0. The number of rotatable bonds is 4. The fourth-order valence-electron chi connectivity index (χ4n) is 2.43. The number of hydrogen-bond acceptors (Lipinski definition) is 5. The molecule has 1 aliphatic carbocycles. The zero-order valence-electron chi connectivity index (χ0n) is 13.8. The molecule has 1 saturated heterocycles. The smallest absolute Gasteiger partial charge is 0.290 e. The third-order valence-corrected chi connectivity index (χ3v) is 3.33. The summed E-state index contributed by atoms with van der Waals surface area (Å²) in [5.41, 5.74) is 0. The molecule has 0 aromatic carbocycles. The van der Waals surface area contributed by atoms with Crippen LogP contribution in [0.2, 0.25) is 0 Å². The first-order valence-electron chi connectivity index (χ1n) is 7.53. The van der Waals surface area contributed by atoms with Crippen molar-refractivity contribution >= 4 is 25.9 Å². The van der Waals surface area contributed by atoms with Crippen LogP contribution in [-0.2, 0) is 23.9 Å². The van der Waals surface area contributed by atoms with Crippen molar-refractivity contribution < 1.29 is 44.3 Å². The molecule has 2 aliphatic rings. The molecular weight excluding hydrogens is 324 g/mol. The molecule has 4 N–H and O–H groups in total. The fraction of sp³-hybridized carbons (Fsp3) is 0.733. The second-order valence-corrected chi connectivity index (χ2v) is 4.81. The summed E-state index contributed by atoms with van der Waals surface area (Å²) in [5.74, 6) is 1.00. The first-order chi connectivity index (χ1) is 11.6. The lowest BCUT2D eigenvalue weighted by Crippen LogP contribution is -2.13. The Labute approximate surface area is 141 Å². The molecule has 3 atom stereocenters. The molecule has 0 bridgehead atoms. The Kier molecular flexibility index (Phi) is 25.7. The highest BCUT2D eigenvalue weighted by atomic mass is 16.6. The van der Waals surface area contributed by atoms with E-state index in [9.17, 15) is 0 Å². The minimum Gasteiger partial charge on any atom is -0.483 e. The lowest BCUT2D eigenvalue weighted by Gasteiger charge is -2.18. The van der Waals surface area contributed by atoms with Crippen molar-refractivity contribution in [2.24, 2.45) is 5.92 Å². The standard InChI is InChI=1S/C11H20O.4CH2O2/c1-2-3-4-5-9-6-7-10-11(8-9)12-10;4*2-1-3/h9-11H,2-8H2,1H3;4*1H,(H,2,3). The van der Waals surface area contributed by atoms with Crippen LogP contribution in [0.25, 0.3) is 0 Å². The molecule has 0 spiro atoms. The van der Waals surface area contributed by atoms with Gasteiger partial charge in [0.25, 0.3) is 25.9 Å². The highest BCUT2D eigenvalue weighted by Crippen LogP contribution is 2.41. The van der Waals surface area contributed by atoms with E-state index in [4.69, 9.17) is 44.3 Å². The van der Waals surface area contributed by atoms with Gasteiger partial charge in [0.1, 0.15) is 0 Å². The molecule has 9 nitrogen and oxygen atoms in total. The maximum Gasteiger partial charge on any atom is 0.290 e. The minimum absolute atomic E-state index is 0.250. The van der Waals surface area contributed by atoms with Gasteiger partial charge in [-0.2, -0.15) is 0 Å². The Balaban J connectivity index is -0.000000307. The minimum atomic E-state index is -0.250. The highest BCUT2D eigenvalue weighted by Gasteiger charge is 2.43. The van der Waals surface area contributed by atoms with E-state index in [2.05, 4.69) is 6.92 Å². The molecule has 0 aromatic heterocycles. The molecule has 1 saturated carbocycles. The van der Waals surface area contributed by atoms with Gasteiger partial charge in [0, 0.05) is 0 Å². The third-order valence-electron chi connectivity index (χ3n) is 3.33. The van der Waals surface area contributed by atoms with Crippen molar-refractivity contribution in [2.45, 2.75) is 64.1 Å². The van der Waals surface area contributed by atoms with Crippen molar-refractivity contribution in [2.75, 3.05) is 0 Å². The van der Waals surface area contributed by atoms with Gasteiger partial charge in [-0.15, -0.1) is 0 Å². The molecule has 0 amide bonds. The second-order valence-electron chi connectivity index (χ2n) is 4.81. The topological polar surface area (TPSA) is 162 Å². The van der Waals surface area contributed by atoms with E-state index in [1.807, 2.05) is 0 Å². The van der Waals surface area contributed by atoms with Gasteiger partial charge in [-0.3, -0.25) is 19.2 Å². The Morgan fingerprint density at radius 1 is 0.833 bits per heavy atom. The number of carbonyl (C=O) groups is 4. The normalized spacial score (nSPS) is 21.6. The van der Waals surface area contributed by atoms with Gasteiger partial charge >= 0.3 is 0 Å². The lowest BCUT2D eigenvalue weighted by atomic mass is 9.86. The van der Waals surface area contributed by atoms with Crippen LogP contribution in [0.15, 0.2) is 0 Å².